The molecule has 1 aliphatic heterocycles. The van der Waals surface area contributed by atoms with Gasteiger partial charge in [-0.25, -0.2) is 8.78 Å². The third kappa shape index (κ3) is 2.77. The summed E-state index contributed by atoms with van der Waals surface area (Å²) in [6.07, 6.45) is 1.38. The van der Waals surface area contributed by atoms with E-state index in [-0.39, 0.29) is 16.7 Å². The first-order valence-electron chi connectivity index (χ1n) is 6.52. The number of aldehydes is 1. The molecule has 1 aliphatic rings. The van der Waals surface area contributed by atoms with Crippen LogP contribution < -0.4 is 4.90 Å². The van der Waals surface area contributed by atoms with Crippen molar-refractivity contribution in [3.8, 4) is 0 Å². The Balaban J connectivity index is 2.27. The Labute approximate surface area is 112 Å². The summed E-state index contributed by atoms with van der Waals surface area (Å²) >= 11 is 0. The highest BCUT2D eigenvalue weighted by Crippen LogP contribution is 2.37. The van der Waals surface area contributed by atoms with Gasteiger partial charge in [0, 0.05) is 18.7 Å². The number of hydrogen-bond donors (Lipinski definition) is 0. The van der Waals surface area contributed by atoms with Crippen molar-refractivity contribution >= 4 is 12.0 Å². The van der Waals surface area contributed by atoms with Crippen LogP contribution in [0.2, 0.25) is 0 Å². The van der Waals surface area contributed by atoms with Crippen LogP contribution in [0.5, 0.6) is 0 Å². The van der Waals surface area contributed by atoms with Crippen molar-refractivity contribution in [3.05, 3.63) is 29.3 Å². The number of carbonyl (C=O) groups is 1. The molecule has 1 atom stereocenters. The van der Waals surface area contributed by atoms with Crippen molar-refractivity contribution in [2.45, 2.75) is 27.2 Å². The molecule has 1 aromatic rings. The van der Waals surface area contributed by atoms with E-state index in [1.807, 2.05) is 0 Å². The summed E-state index contributed by atoms with van der Waals surface area (Å²) in [7, 11) is 0. The van der Waals surface area contributed by atoms with Crippen LogP contribution in [0.4, 0.5) is 14.5 Å². The lowest BCUT2D eigenvalue weighted by Gasteiger charge is -2.27. The fraction of sp³-hybridized carbons (Fsp3) is 0.533. The Hall–Kier alpha value is -1.45. The largest absolute Gasteiger partial charge is 0.366 e. The summed E-state index contributed by atoms with van der Waals surface area (Å²) in [6.45, 7) is 7.73. The number of nitrogens with zero attached hydrogens (tertiary/aromatic N) is 1. The van der Waals surface area contributed by atoms with Gasteiger partial charge < -0.3 is 4.90 Å². The van der Waals surface area contributed by atoms with E-state index in [0.717, 1.165) is 18.6 Å². The van der Waals surface area contributed by atoms with E-state index >= 15 is 0 Å². The minimum Gasteiger partial charge on any atom is -0.366 e. The van der Waals surface area contributed by atoms with Crippen LogP contribution in [0.1, 0.15) is 37.6 Å². The number of benzene rings is 1. The molecule has 0 radical (unpaired) electrons. The zero-order chi connectivity index (χ0) is 14.2. The molecular weight excluding hydrogens is 248 g/mol. The summed E-state index contributed by atoms with van der Waals surface area (Å²) in [5.41, 5.74) is 0.160. The van der Waals surface area contributed by atoms with Gasteiger partial charge in [0.2, 0.25) is 0 Å². The maximum atomic E-state index is 13.9. The first-order chi connectivity index (χ1) is 8.82. The van der Waals surface area contributed by atoms with Crippen LogP contribution >= 0.6 is 0 Å². The molecule has 1 unspecified atom stereocenters. The van der Waals surface area contributed by atoms with E-state index < -0.39 is 11.6 Å². The Morgan fingerprint density at radius 3 is 2.26 bits per heavy atom. The predicted octanol–water partition coefficient (Wildman–Crippen LogP) is 3.65. The lowest BCUT2D eigenvalue weighted by Crippen LogP contribution is -2.27. The molecule has 0 aliphatic carbocycles. The average Bonchev–Trinajstić information content (AvgIpc) is 2.76. The van der Waals surface area contributed by atoms with Crippen molar-refractivity contribution in [2.24, 2.45) is 11.3 Å². The second-order valence-corrected chi connectivity index (χ2v) is 6.25. The van der Waals surface area contributed by atoms with E-state index in [9.17, 15) is 13.6 Å². The number of carbonyl (C=O) groups excluding carboxylic acids is 1. The van der Waals surface area contributed by atoms with Gasteiger partial charge in [-0.15, -0.1) is 0 Å². The van der Waals surface area contributed by atoms with Gasteiger partial charge in [0.25, 0.3) is 0 Å². The molecule has 1 aromatic carbocycles. The third-order valence-corrected chi connectivity index (χ3v) is 3.90. The highest BCUT2D eigenvalue weighted by atomic mass is 19.1. The van der Waals surface area contributed by atoms with Crippen LogP contribution in [0.15, 0.2) is 12.1 Å². The van der Waals surface area contributed by atoms with Crippen molar-refractivity contribution in [2.75, 3.05) is 18.0 Å². The lowest BCUT2D eigenvalue weighted by molar-refractivity contribution is 0.112. The minimum atomic E-state index is -0.656. The van der Waals surface area contributed by atoms with Gasteiger partial charge in [0.1, 0.15) is 23.6 Å². The standard InChI is InChI=1S/C15H19F2NO/c1-15(2,3)11-4-5-18(8-11)14-12(16)6-10(9-19)7-13(14)17/h6-7,9,11H,4-5,8H2,1-3H3. The number of anilines is 1. The molecule has 0 amide bonds. The minimum absolute atomic E-state index is 0.00245. The summed E-state index contributed by atoms with van der Waals surface area (Å²) in [5.74, 6) is -0.898. The third-order valence-electron chi connectivity index (χ3n) is 3.90. The zero-order valence-electron chi connectivity index (χ0n) is 11.5. The summed E-state index contributed by atoms with van der Waals surface area (Å²) in [6, 6.07) is 2.19. The van der Waals surface area contributed by atoms with Crippen molar-refractivity contribution in [1.29, 1.82) is 0 Å². The summed E-state index contributed by atoms with van der Waals surface area (Å²) < 4.78 is 27.9. The monoisotopic (exact) mass is 267 g/mol. The molecule has 1 saturated heterocycles. The highest BCUT2D eigenvalue weighted by molar-refractivity contribution is 5.76. The Morgan fingerprint density at radius 2 is 1.84 bits per heavy atom. The fourth-order valence-corrected chi connectivity index (χ4v) is 2.63. The van der Waals surface area contributed by atoms with Gasteiger partial charge in [0.15, 0.2) is 0 Å². The molecule has 0 saturated carbocycles. The zero-order valence-corrected chi connectivity index (χ0v) is 11.5. The first-order valence-corrected chi connectivity index (χ1v) is 6.52. The molecule has 0 spiro atoms. The van der Waals surface area contributed by atoms with Crippen molar-refractivity contribution < 1.29 is 13.6 Å². The molecule has 4 heteroatoms. The molecule has 19 heavy (non-hydrogen) atoms. The van der Waals surface area contributed by atoms with Crippen LogP contribution in [0.3, 0.4) is 0 Å². The molecule has 104 valence electrons. The summed E-state index contributed by atoms with van der Waals surface area (Å²) in [4.78, 5) is 12.3. The van der Waals surface area contributed by atoms with Gasteiger partial charge in [-0.1, -0.05) is 20.8 Å². The van der Waals surface area contributed by atoms with Crippen LogP contribution in [-0.4, -0.2) is 19.4 Å². The van der Waals surface area contributed by atoms with E-state index in [2.05, 4.69) is 20.8 Å². The predicted molar refractivity (Wildman–Crippen MR) is 71.5 cm³/mol. The van der Waals surface area contributed by atoms with Crippen LogP contribution in [0, 0.1) is 23.0 Å². The number of halogens is 2. The lowest BCUT2D eigenvalue weighted by atomic mass is 9.80. The normalized spacial score (nSPS) is 19.8. The Bertz CT molecular complexity index is 470. The highest BCUT2D eigenvalue weighted by Gasteiger charge is 2.33. The Kier molecular flexibility index (Phi) is 3.61. The van der Waals surface area contributed by atoms with Gasteiger partial charge in [-0.2, -0.15) is 0 Å². The van der Waals surface area contributed by atoms with E-state index in [0.29, 0.717) is 25.3 Å². The first kappa shape index (κ1) is 14.0. The average molecular weight is 267 g/mol. The smallest absolute Gasteiger partial charge is 0.150 e. The molecule has 0 N–H and O–H groups in total. The maximum Gasteiger partial charge on any atom is 0.150 e. The molecule has 1 heterocycles. The molecule has 2 nitrogen and oxygen atoms in total. The van der Waals surface area contributed by atoms with E-state index in [4.69, 9.17) is 0 Å². The van der Waals surface area contributed by atoms with Crippen LogP contribution in [-0.2, 0) is 0 Å². The van der Waals surface area contributed by atoms with Crippen molar-refractivity contribution in [3.63, 3.8) is 0 Å². The van der Waals surface area contributed by atoms with Gasteiger partial charge >= 0.3 is 0 Å². The number of rotatable bonds is 2. The van der Waals surface area contributed by atoms with Gasteiger partial charge in [-0.05, 0) is 29.9 Å². The van der Waals surface area contributed by atoms with Gasteiger partial charge in [-0.3, -0.25) is 4.79 Å². The quantitative estimate of drug-likeness (QED) is 0.762. The second-order valence-electron chi connectivity index (χ2n) is 6.25. The fourth-order valence-electron chi connectivity index (χ4n) is 2.63. The number of hydrogen-bond acceptors (Lipinski definition) is 2. The molecule has 0 bridgehead atoms. The molecule has 0 aromatic heterocycles. The van der Waals surface area contributed by atoms with E-state index in [1.165, 1.54) is 0 Å². The Morgan fingerprint density at radius 1 is 1.26 bits per heavy atom. The SMILES string of the molecule is CC(C)(C)C1CCN(c2c(F)cc(C=O)cc2F)C1. The summed E-state index contributed by atoms with van der Waals surface area (Å²) in [5, 5.41) is 0. The van der Waals surface area contributed by atoms with Crippen LogP contribution in [0.25, 0.3) is 0 Å². The van der Waals surface area contributed by atoms with Crippen molar-refractivity contribution in [1.82, 2.24) is 0 Å². The molecular formula is C15H19F2NO. The maximum absolute atomic E-state index is 13.9. The molecule has 2 rings (SSSR count). The topological polar surface area (TPSA) is 20.3 Å². The molecule has 1 fully saturated rings. The second kappa shape index (κ2) is 4.91. The van der Waals surface area contributed by atoms with Gasteiger partial charge in [0.05, 0.1) is 0 Å². The van der Waals surface area contributed by atoms with E-state index in [1.54, 1.807) is 4.90 Å².